The first-order valence-electron chi connectivity index (χ1n) is 7.00. The van der Waals surface area contributed by atoms with Crippen molar-refractivity contribution >= 4 is 11.6 Å². The molecule has 20 heavy (non-hydrogen) atoms. The number of rotatable bonds is 4. The lowest BCUT2D eigenvalue weighted by atomic mass is 10.0. The fourth-order valence-electron chi connectivity index (χ4n) is 2.90. The molecule has 1 amide bonds. The maximum atomic E-state index is 12.5. The third kappa shape index (κ3) is 3.11. The summed E-state index contributed by atoms with van der Waals surface area (Å²) < 4.78 is 0. The molecule has 1 aromatic rings. The summed E-state index contributed by atoms with van der Waals surface area (Å²) in [4.78, 5) is 14.1. The van der Waals surface area contributed by atoms with Gasteiger partial charge in [0, 0.05) is 24.8 Å². The molecule has 0 spiro atoms. The number of hydrogen-bond donors (Lipinski definition) is 3. The van der Waals surface area contributed by atoms with Gasteiger partial charge in [-0.1, -0.05) is 12.8 Å². The van der Waals surface area contributed by atoms with E-state index in [0.29, 0.717) is 12.1 Å². The van der Waals surface area contributed by atoms with E-state index in [0.717, 1.165) is 36.9 Å². The van der Waals surface area contributed by atoms with Gasteiger partial charge in [0.05, 0.1) is 5.60 Å². The zero-order chi connectivity index (χ0) is 14.8. The van der Waals surface area contributed by atoms with Crippen molar-refractivity contribution in [2.45, 2.75) is 38.2 Å². The van der Waals surface area contributed by atoms with Gasteiger partial charge in [-0.05, 0) is 43.5 Å². The molecular formula is C15H23N3O2. The molecule has 1 fully saturated rings. The van der Waals surface area contributed by atoms with E-state index in [9.17, 15) is 9.90 Å². The van der Waals surface area contributed by atoms with Gasteiger partial charge < -0.3 is 15.4 Å². The Hall–Kier alpha value is -1.59. The van der Waals surface area contributed by atoms with Crippen molar-refractivity contribution in [2.75, 3.05) is 19.0 Å². The molecule has 2 rings (SSSR count). The van der Waals surface area contributed by atoms with E-state index in [2.05, 4.69) is 5.43 Å². The Morgan fingerprint density at radius 2 is 2.10 bits per heavy atom. The molecule has 0 aliphatic heterocycles. The van der Waals surface area contributed by atoms with E-state index in [1.165, 1.54) is 0 Å². The topological polar surface area (TPSA) is 78.6 Å². The van der Waals surface area contributed by atoms with Gasteiger partial charge >= 0.3 is 0 Å². The normalized spacial score (nSPS) is 17.0. The van der Waals surface area contributed by atoms with E-state index in [-0.39, 0.29) is 5.91 Å². The van der Waals surface area contributed by atoms with Crippen LogP contribution in [-0.4, -0.2) is 35.1 Å². The van der Waals surface area contributed by atoms with Crippen LogP contribution in [0, 0.1) is 6.92 Å². The van der Waals surface area contributed by atoms with Crippen molar-refractivity contribution in [1.29, 1.82) is 0 Å². The first-order chi connectivity index (χ1) is 9.45. The van der Waals surface area contributed by atoms with Gasteiger partial charge in [0.2, 0.25) is 0 Å². The third-order valence-corrected chi connectivity index (χ3v) is 4.04. The van der Waals surface area contributed by atoms with Gasteiger partial charge in [0.15, 0.2) is 0 Å². The lowest BCUT2D eigenvalue weighted by molar-refractivity contribution is 0.0156. The van der Waals surface area contributed by atoms with Crippen LogP contribution in [0.25, 0.3) is 0 Å². The highest BCUT2D eigenvalue weighted by atomic mass is 16.3. The number of hydrazine groups is 1. The zero-order valence-corrected chi connectivity index (χ0v) is 12.1. The molecule has 0 aromatic heterocycles. The average molecular weight is 277 g/mol. The predicted octanol–water partition coefficient (Wildman–Crippen LogP) is 1.66. The molecule has 1 aromatic carbocycles. The molecule has 0 heterocycles. The van der Waals surface area contributed by atoms with E-state index in [1.807, 2.05) is 13.0 Å². The number of nitrogens with two attached hydrogens (primary N) is 1. The third-order valence-electron chi connectivity index (χ3n) is 4.04. The molecule has 110 valence electrons. The van der Waals surface area contributed by atoms with Crippen LogP contribution >= 0.6 is 0 Å². The molecule has 1 aliphatic carbocycles. The van der Waals surface area contributed by atoms with Gasteiger partial charge in [-0.2, -0.15) is 0 Å². The zero-order valence-electron chi connectivity index (χ0n) is 12.1. The van der Waals surface area contributed by atoms with Gasteiger partial charge in [-0.3, -0.25) is 10.6 Å². The van der Waals surface area contributed by atoms with Crippen molar-refractivity contribution in [2.24, 2.45) is 5.84 Å². The first-order valence-corrected chi connectivity index (χ1v) is 7.00. The second-order valence-electron chi connectivity index (χ2n) is 5.77. The molecule has 4 N–H and O–H groups in total. The molecule has 5 nitrogen and oxygen atoms in total. The highest BCUT2D eigenvalue weighted by Crippen LogP contribution is 2.30. The summed E-state index contributed by atoms with van der Waals surface area (Å²) in [6.45, 7) is 2.27. The summed E-state index contributed by atoms with van der Waals surface area (Å²) in [5.74, 6) is 5.29. The van der Waals surface area contributed by atoms with Crippen molar-refractivity contribution < 1.29 is 9.90 Å². The molecule has 1 saturated carbocycles. The van der Waals surface area contributed by atoms with Crippen molar-refractivity contribution in [3.63, 3.8) is 0 Å². The second kappa shape index (κ2) is 5.81. The SMILES string of the molecule is Cc1cc(NN)ccc1C(=O)N(C)CC1(O)CCCC1. The molecule has 0 bridgehead atoms. The molecular weight excluding hydrogens is 254 g/mol. The Morgan fingerprint density at radius 3 is 2.65 bits per heavy atom. The number of carbonyl (C=O) groups excluding carboxylic acids is 1. The first kappa shape index (κ1) is 14.8. The van der Waals surface area contributed by atoms with Gasteiger partial charge in [0.25, 0.3) is 5.91 Å². The summed E-state index contributed by atoms with van der Waals surface area (Å²) in [5, 5.41) is 10.4. The van der Waals surface area contributed by atoms with Crippen molar-refractivity contribution in [3.05, 3.63) is 29.3 Å². The number of carbonyl (C=O) groups is 1. The number of hydrogen-bond acceptors (Lipinski definition) is 4. The minimum atomic E-state index is -0.711. The Morgan fingerprint density at radius 1 is 1.45 bits per heavy atom. The summed E-state index contributed by atoms with van der Waals surface area (Å²) in [7, 11) is 1.74. The standard InChI is InChI=1S/C15H23N3O2/c1-11-9-12(17-16)5-6-13(11)14(19)18(2)10-15(20)7-3-4-8-15/h5-6,9,17,20H,3-4,7-8,10,16H2,1-2H3. The monoisotopic (exact) mass is 277 g/mol. The van der Waals surface area contributed by atoms with Crippen LogP contribution in [-0.2, 0) is 0 Å². The number of aliphatic hydroxyl groups is 1. The number of nitrogens with one attached hydrogen (secondary N) is 1. The fraction of sp³-hybridized carbons (Fsp3) is 0.533. The smallest absolute Gasteiger partial charge is 0.253 e. The van der Waals surface area contributed by atoms with Crippen molar-refractivity contribution in [3.8, 4) is 0 Å². The lowest BCUT2D eigenvalue weighted by Gasteiger charge is -2.29. The van der Waals surface area contributed by atoms with Crippen LogP contribution in [0.15, 0.2) is 18.2 Å². The van der Waals surface area contributed by atoms with Crippen LogP contribution in [0.4, 0.5) is 5.69 Å². The Labute approximate surface area is 119 Å². The largest absolute Gasteiger partial charge is 0.388 e. The quantitative estimate of drug-likeness (QED) is 0.577. The summed E-state index contributed by atoms with van der Waals surface area (Å²) in [6.07, 6.45) is 3.63. The molecule has 0 saturated heterocycles. The Bertz CT molecular complexity index is 496. The minimum Gasteiger partial charge on any atom is -0.388 e. The number of amides is 1. The van der Waals surface area contributed by atoms with E-state index in [1.54, 1.807) is 24.1 Å². The van der Waals surface area contributed by atoms with Crippen LogP contribution in [0.1, 0.15) is 41.6 Å². The van der Waals surface area contributed by atoms with Gasteiger partial charge in [0.1, 0.15) is 0 Å². The Kier molecular flexibility index (Phi) is 4.30. The number of likely N-dealkylation sites (N-methyl/N-ethyl adjacent to an activating group) is 1. The van der Waals surface area contributed by atoms with Crippen LogP contribution < -0.4 is 11.3 Å². The number of nitrogen functional groups attached to an aromatic ring is 1. The number of aryl methyl sites for hydroxylation is 1. The Balaban J connectivity index is 2.10. The highest BCUT2D eigenvalue weighted by molar-refractivity contribution is 5.96. The van der Waals surface area contributed by atoms with Gasteiger partial charge in [-0.15, -0.1) is 0 Å². The van der Waals surface area contributed by atoms with Crippen LogP contribution in [0.3, 0.4) is 0 Å². The summed E-state index contributed by atoms with van der Waals surface area (Å²) >= 11 is 0. The van der Waals surface area contributed by atoms with Crippen molar-refractivity contribution in [1.82, 2.24) is 4.90 Å². The summed E-state index contributed by atoms with van der Waals surface area (Å²) in [5.41, 5.74) is 4.14. The predicted molar refractivity (Wildman–Crippen MR) is 79.4 cm³/mol. The number of benzene rings is 1. The maximum absolute atomic E-state index is 12.5. The summed E-state index contributed by atoms with van der Waals surface area (Å²) in [6, 6.07) is 5.38. The molecule has 0 unspecified atom stereocenters. The average Bonchev–Trinajstić information content (AvgIpc) is 2.84. The molecule has 0 radical (unpaired) electrons. The second-order valence-corrected chi connectivity index (χ2v) is 5.77. The molecule has 1 aliphatic rings. The van der Waals surface area contributed by atoms with E-state index >= 15 is 0 Å². The fourth-order valence-corrected chi connectivity index (χ4v) is 2.90. The van der Waals surface area contributed by atoms with Gasteiger partial charge in [-0.25, -0.2) is 0 Å². The number of nitrogens with zero attached hydrogens (tertiary/aromatic N) is 1. The van der Waals surface area contributed by atoms with Crippen LogP contribution in [0.2, 0.25) is 0 Å². The van der Waals surface area contributed by atoms with E-state index < -0.39 is 5.60 Å². The minimum absolute atomic E-state index is 0.0635. The highest BCUT2D eigenvalue weighted by Gasteiger charge is 2.33. The number of anilines is 1. The maximum Gasteiger partial charge on any atom is 0.253 e. The molecule has 5 heteroatoms. The van der Waals surface area contributed by atoms with Crippen LogP contribution in [0.5, 0.6) is 0 Å². The van der Waals surface area contributed by atoms with E-state index in [4.69, 9.17) is 5.84 Å². The molecule has 0 atom stereocenters. The lowest BCUT2D eigenvalue weighted by Crippen LogP contribution is -2.42.